The van der Waals surface area contributed by atoms with Crippen LogP contribution in [0.4, 0.5) is 0 Å². The number of hydrogen-bond acceptors (Lipinski definition) is 4. The SMILES string of the molecule is CCC(C)C(=O)OCC(=O)N1C(=O)C2CCCCCCC21. The lowest BCUT2D eigenvalue weighted by atomic mass is 9.78. The largest absolute Gasteiger partial charge is 0.455 e. The number of likely N-dealkylation sites (tertiary alicyclic amines) is 1. The number of imide groups is 1. The van der Waals surface area contributed by atoms with Gasteiger partial charge in [0.25, 0.3) is 5.91 Å². The van der Waals surface area contributed by atoms with Crippen molar-refractivity contribution < 1.29 is 19.1 Å². The Labute approximate surface area is 126 Å². The van der Waals surface area contributed by atoms with Crippen LogP contribution in [0.5, 0.6) is 0 Å². The molecule has 1 heterocycles. The maximum atomic E-state index is 12.1. The summed E-state index contributed by atoms with van der Waals surface area (Å²) in [4.78, 5) is 37.2. The van der Waals surface area contributed by atoms with Crippen molar-refractivity contribution in [2.45, 2.75) is 64.8 Å². The molecule has 1 saturated heterocycles. The standard InChI is InChI=1S/C16H25NO4/c1-3-11(2)16(20)21-10-14(18)17-13-9-7-5-4-6-8-12(13)15(17)19/h11-13H,3-10H2,1-2H3. The summed E-state index contributed by atoms with van der Waals surface area (Å²) in [5.74, 6) is -1.00. The molecule has 0 bridgehead atoms. The van der Waals surface area contributed by atoms with Gasteiger partial charge in [0.1, 0.15) is 0 Å². The summed E-state index contributed by atoms with van der Waals surface area (Å²) < 4.78 is 5.01. The summed E-state index contributed by atoms with van der Waals surface area (Å²) in [6.45, 7) is 3.36. The molecular formula is C16H25NO4. The molecule has 5 heteroatoms. The molecule has 3 unspecified atom stereocenters. The monoisotopic (exact) mass is 295 g/mol. The second kappa shape index (κ2) is 7.05. The van der Waals surface area contributed by atoms with Crippen LogP contribution >= 0.6 is 0 Å². The van der Waals surface area contributed by atoms with Gasteiger partial charge in [-0.15, -0.1) is 0 Å². The average Bonchev–Trinajstić information content (AvgIpc) is 2.46. The minimum Gasteiger partial charge on any atom is -0.455 e. The number of esters is 1. The minimum absolute atomic E-state index is 0.0134. The lowest BCUT2D eigenvalue weighted by molar-refractivity contribution is -0.173. The van der Waals surface area contributed by atoms with Gasteiger partial charge in [0.2, 0.25) is 5.91 Å². The third-order valence-electron chi connectivity index (χ3n) is 4.74. The highest BCUT2D eigenvalue weighted by Crippen LogP contribution is 2.36. The van der Waals surface area contributed by atoms with E-state index in [1.807, 2.05) is 6.92 Å². The minimum atomic E-state index is -0.368. The Morgan fingerprint density at radius 3 is 2.57 bits per heavy atom. The van der Waals surface area contributed by atoms with Crippen LogP contribution in [0.2, 0.25) is 0 Å². The molecule has 0 aromatic rings. The molecule has 5 nitrogen and oxygen atoms in total. The van der Waals surface area contributed by atoms with Crippen molar-refractivity contribution in [3.63, 3.8) is 0 Å². The van der Waals surface area contributed by atoms with Crippen molar-refractivity contribution >= 4 is 17.8 Å². The Hall–Kier alpha value is -1.39. The van der Waals surface area contributed by atoms with E-state index >= 15 is 0 Å². The third kappa shape index (κ3) is 3.44. The van der Waals surface area contributed by atoms with Crippen LogP contribution in [0.15, 0.2) is 0 Å². The van der Waals surface area contributed by atoms with E-state index in [1.54, 1.807) is 6.92 Å². The van der Waals surface area contributed by atoms with E-state index in [1.165, 1.54) is 17.7 Å². The van der Waals surface area contributed by atoms with Gasteiger partial charge in [0, 0.05) is 0 Å². The van der Waals surface area contributed by atoms with Gasteiger partial charge < -0.3 is 4.74 Å². The van der Waals surface area contributed by atoms with Crippen molar-refractivity contribution in [1.82, 2.24) is 4.90 Å². The summed E-state index contributed by atoms with van der Waals surface area (Å²) in [5, 5.41) is 0. The van der Waals surface area contributed by atoms with Crippen molar-refractivity contribution in [1.29, 1.82) is 0 Å². The number of carbonyl (C=O) groups excluding carboxylic acids is 3. The molecule has 2 rings (SSSR count). The maximum Gasteiger partial charge on any atom is 0.309 e. The summed E-state index contributed by atoms with van der Waals surface area (Å²) in [6, 6.07) is 0.0348. The number of amides is 2. The molecule has 0 aromatic heterocycles. The predicted octanol–water partition coefficient (Wildman–Crippen LogP) is 2.28. The Kier molecular flexibility index (Phi) is 5.37. The predicted molar refractivity (Wildman–Crippen MR) is 77.2 cm³/mol. The molecule has 1 aliphatic heterocycles. The van der Waals surface area contributed by atoms with Gasteiger partial charge in [0.15, 0.2) is 6.61 Å². The van der Waals surface area contributed by atoms with E-state index in [9.17, 15) is 14.4 Å². The van der Waals surface area contributed by atoms with Crippen molar-refractivity contribution in [3.8, 4) is 0 Å². The summed E-state index contributed by atoms with van der Waals surface area (Å²) in [5.41, 5.74) is 0. The van der Waals surface area contributed by atoms with E-state index in [0.717, 1.165) is 25.7 Å². The number of β-lactam (4-membered cyclic amide) rings is 1. The van der Waals surface area contributed by atoms with Crippen molar-refractivity contribution in [2.24, 2.45) is 11.8 Å². The second-order valence-electron chi connectivity index (χ2n) is 6.18. The number of rotatable bonds is 4. The smallest absolute Gasteiger partial charge is 0.309 e. The van der Waals surface area contributed by atoms with E-state index < -0.39 is 0 Å². The van der Waals surface area contributed by atoms with Crippen LogP contribution in [0, 0.1) is 11.8 Å². The summed E-state index contributed by atoms with van der Waals surface area (Å²) in [7, 11) is 0. The zero-order valence-corrected chi connectivity index (χ0v) is 13.0. The average molecular weight is 295 g/mol. The first-order valence-corrected chi connectivity index (χ1v) is 8.08. The van der Waals surface area contributed by atoms with Gasteiger partial charge in [-0.3, -0.25) is 19.3 Å². The fraction of sp³-hybridized carbons (Fsp3) is 0.812. The van der Waals surface area contributed by atoms with Gasteiger partial charge >= 0.3 is 5.97 Å². The van der Waals surface area contributed by atoms with Crippen LogP contribution in [0.3, 0.4) is 0 Å². The first-order valence-electron chi connectivity index (χ1n) is 8.08. The van der Waals surface area contributed by atoms with Gasteiger partial charge in [-0.25, -0.2) is 0 Å². The lowest BCUT2D eigenvalue weighted by Gasteiger charge is -2.46. The number of fused-ring (bicyclic) bond motifs is 1. The zero-order chi connectivity index (χ0) is 15.4. The van der Waals surface area contributed by atoms with E-state index in [4.69, 9.17) is 4.74 Å². The topological polar surface area (TPSA) is 63.7 Å². The van der Waals surface area contributed by atoms with Gasteiger partial charge in [-0.2, -0.15) is 0 Å². The molecule has 0 aromatic carbocycles. The molecule has 3 atom stereocenters. The third-order valence-corrected chi connectivity index (χ3v) is 4.74. The Morgan fingerprint density at radius 1 is 1.24 bits per heavy atom. The van der Waals surface area contributed by atoms with Crippen molar-refractivity contribution in [3.05, 3.63) is 0 Å². The van der Waals surface area contributed by atoms with E-state index in [-0.39, 0.29) is 42.3 Å². The van der Waals surface area contributed by atoms with Gasteiger partial charge in [-0.05, 0) is 19.3 Å². The van der Waals surface area contributed by atoms with E-state index in [2.05, 4.69) is 0 Å². The Morgan fingerprint density at radius 2 is 1.90 bits per heavy atom. The molecule has 2 fully saturated rings. The Bertz CT molecular complexity index is 421. The van der Waals surface area contributed by atoms with Gasteiger partial charge in [-0.1, -0.05) is 39.5 Å². The first kappa shape index (κ1) is 16.0. The molecule has 2 amide bonds. The molecule has 0 spiro atoms. The highest BCUT2D eigenvalue weighted by atomic mass is 16.5. The maximum absolute atomic E-state index is 12.1. The quantitative estimate of drug-likeness (QED) is 0.589. The summed E-state index contributed by atoms with van der Waals surface area (Å²) in [6.07, 6.45) is 6.93. The number of hydrogen-bond donors (Lipinski definition) is 0. The lowest BCUT2D eigenvalue weighted by Crippen LogP contribution is -2.64. The van der Waals surface area contributed by atoms with Gasteiger partial charge in [0.05, 0.1) is 17.9 Å². The molecule has 0 N–H and O–H groups in total. The number of ether oxygens (including phenoxy) is 1. The molecule has 2 aliphatic rings. The van der Waals surface area contributed by atoms with Crippen LogP contribution < -0.4 is 0 Å². The highest BCUT2D eigenvalue weighted by molar-refractivity contribution is 6.02. The van der Waals surface area contributed by atoms with Crippen LogP contribution in [-0.2, 0) is 19.1 Å². The zero-order valence-electron chi connectivity index (χ0n) is 13.0. The van der Waals surface area contributed by atoms with E-state index in [0.29, 0.717) is 6.42 Å². The molecule has 1 aliphatic carbocycles. The second-order valence-corrected chi connectivity index (χ2v) is 6.18. The molecule has 0 radical (unpaired) electrons. The molecule has 1 saturated carbocycles. The number of carbonyl (C=O) groups is 3. The van der Waals surface area contributed by atoms with Crippen LogP contribution in [0.1, 0.15) is 58.8 Å². The number of nitrogens with zero attached hydrogens (tertiary/aromatic N) is 1. The van der Waals surface area contributed by atoms with Crippen LogP contribution in [-0.4, -0.2) is 35.3 Å². The van der Waals surface area contributed by atoms with Crippen LogP contribution in [0.25, 0.3) is 0 Å². The fourth-order valence-electron chi connectivity index (χ4n) is 3.14. The molecule has 21 heavy (non-hydrogen) atoms. The first-order chi connectivity index (χ1) is 10.1. The molecule has 118 valence electrons. The van der Waals surface area contributed by atoms with Crippen molar-refractivity contribution in [2.75, 3.05) is 6.61 Å². The Balaban J connectivity index is 1.87. The molecular weight excluding hydrogens is 270 g/mol. The summed E-state index contributed by atoms with van der Waals surface area (Å²) >= 11 is 0. The normalized spacial score (nSPS) is 27.0. The highest BCUT2D eigenvalue weighted by Gasteiger charge is 2.49. The fourth-order valence-corrected chi connectivity index (χ4v) is 3.14.